The van der Waals surface area contributed by atoms with Crippen molar-refractivity contribution in [2.75, 3.05) is 13.2 Å². The van der Waals surface area contributed by atoms with Gasteiger partial charge in [-0.25, -0.2) is 0 Å². The van der Waals surface area contributed by atoms with Crippen molar-refractivity contribution in [1.82, 2.24) is 0 Å². The van der Waals surface area contributed by atoms with Crippen LogP contribution in [0.2, 0.25) is 0 Å². The van der Waals surface area contributed by atoms with Gasteiger partial charge in [0.05, 0.1) is 19.3 Å². The Morgan fingerprint density at radius 3 is 2.27 bits per heavy atom. The van der Waals surface area contributed by atoms with Crippen molar-refractivity contribution < 1.29 is 15.3 Å². The molecule has 3 N–H and O–H groups in total. The summed E-state index contributed by atoms with van der Waals surface area (Å²) in [6, 6.07) is 0. The first-order valence-corrected chi connectivity index (χ1v) is 5.22. The molecule has 0 aromatic rings. The van der Waals surface area contributed by atoms with Crippen molar-refractivity contribution in [1.29, 1.82) is 0 Å². The molecule has 0 saturated carbocycles. The van der Waals surface area contributed by atoms with Crippen molar-refractivity contribution in [2.24, 2.45) is 11.3 Å². The second-order valence-corrected chi connectivity index (χ2v) is 5.04. The third-order valence-corrected chi connectivity index (χ3v) is 2.78. The molecule has 1 aliphatic carbocycles. The van der Waals surface area contributed by atoms with Gasteiger partial charge in [0, 0.05) is 5.92 Å². The zero-order valence-corrected chi connectivity index (χ0v) is 9.57. The monoisotopic (exact) mass is 212 g/mol. The number of allylic oxidation sites excluding steroid dienone is 2. The van der Waals surface area contributed by atoms with Crippen LogP contribution in [0.5, 0.6) is 0 Å². The minimum Gasteiger partial charge on any atom is -0.396 e. The molecule has 0 amide bonds. The Kier molecular flexibility index (Phi) is 3.71. The fraction of sp³-hybridized carbons (Fsp3) is 0.667. The summed E-state index contributed by atoms with van der Waals surface area (Å²) in [6.45, 7) is 5.94. The Balaban J connectivity index is 3.03. The van der Waals surface area contributed by atoms with Gasteiger partial charge in [-0.15, -0.1) is 0 Å². The molecule has 0 radical (unpaired) electrons. The highest BCUT2D eigenvalue weighted by atomic mass is 16.3. The Labute approximate surface area is 90.8 Å². The second kappa shape index (κ2) is 4.47. The Morgan fingerprint density at radius 1 is 1.27 bits per heavy atom. The highest BCUT2D eigenvalue weighted by Crippen LogP contribution is 2.33. The molecule has 3 nitrogen and oxygen atoms in total. The van der Waals surface area contributed by atoms with Gasteiger partial charge >= 0.3 is 0 Å². The molecule has 15 heavy (non-hydrogen) atoms. The van der Waals surface area contributed by atoms with Crippen molar-refractivity contribution in [3.8, 4) is 0 Å². The topological polar surface area (TPSA) is 60.7 Å². The summed E-state index contributed by atoms with van der Waals surface area (Å²) < 4.78 is 0. The van der Waals surface area contributed by atoms with Crippen LogP contribution < -0.4 is 0 Å². The van der Waals surface area contributed by atoms with Gasteiger partial charge in [-0.05, 0) is 16.6 Å². The van der Waals surface area contributed by atoms with Crippen LogP contribution in [0.3, 0.4) is 0 Å². The first-order valence-electron chi connectivity index (χ1n) is 5.22. The predicted molar refractivity (Wildman–Crippen MR) is 59.3 cm³/mol. The van der Waals surface area contributed by atoms with Gasteiger partial charge < -0.3 is 15.3 Å². The van der Waals surface area contributed by atoms with Gasteiger partial charge in [-0.2, -0.15) is 0 Å². The maximum atomic E-state index is 9.78. The van der Waals surface area contributed by atoms with Gasteiger partial charge in [0.15, 0.2) is 0 Å². The Bertz CT molecular complexity index is 284. The molecule has 1 aliphatic rings. The lowest BCUT2D eigenvalue weighted by atomic mass is 9.78. The quantitative estimate of drug-likeness (QED) is 0.636. The molecule has 0 aliphatic heterocycles. The van der Waals surface area contributed by atoms with Crippen molar-refractivity contribution >= 4 is 0 Å². The normalized spacial score (nSPS) is 27.3. The lowest BCUT2D eigenvalue weighted by Crippen LogP contribution is -2.30. The lowest BCUT2D eigenvalue weighted by Gasteiger charge is -2.30. The molecule has 0 aromatic carbocycles. The van der Waals surface area contributed by atoms with E-state index in [1.165, 1.54) is 0 Å². The van der Waals surface area contributed by atoms with Crippen LogP contribution in [0.1, 0.15) is 20.8 Å². The van der Waals surface area contributed by atoms with Crippen LogP contribution in [0.4, 0.5) is 0 Å². The average Bonchev–Trinajstić information content (AvgIpc) is 2.16. The molecule has 0 aromatic heterocycles. The largest absolute Gasteiger partial charge is 0.396 e. The molecule has 0 saturated heterocycles. The Hall–Kier alpha value is -0.640. The fourth-order valence-electron chi connectivity index (χ4n) is 1.69. The molecular weight excluding hydrogens is 192 g/mol. The summed E-state index contributed by atoms with van der Waals surface area (Å²) >= 11 is 0. The molecule has 0 fully saturated rings. The first-order chi connectivity index (χ1) is 6.90. The van der Waals surface area contributed by atoms with Gasteiger partial charge in [0.2, 0.25) is 0 Å². The molecule has 0 spiro atoms. The van der Waals surface area contributed by atoms with E-state index in [-0.39, 0.29) is 24.5 Å². The van der Waals surface area contributed by atoms with E-state index in [9.17, 15) is 5.11 Å². The van der Waals surface area contributed by atoms with Crippen molar-refractivity contribution in [2.45, 2.75) is 26.9 Å². The molecule has 2 atom stereocenters. The highest BCUT2D eigenvalue weighted by molar-refractivity contribution is 5.36. The summed E-state index contributed by atoms with van der Waals surface area (Å²) in [4.78, 5) is 0. The minimum atomic E-state index is -0.758. The van der Waals surface area contributed by atoms with Gasteiger partial charge in [-0.1, -0.05) is 32.9 Å². The summed E-state index contributed by atoms with van der Waals surface area (Å²) in [6.07, 6.45) is 2.96. The van der Waals surface area contributed by atoms with Crippen molar-refractivity contribution in [3.63, 3.8) is 0 Å². The van der Waals surface area contributed by atoms with Crippen LogP contribution in [-0.2, 0) is 0 Å². The standard InChI is InChI=1S/C12H20O3/c1-12(2,3)10-4-8(6-13)11(15)9(5-10)7-14/h4-5,8,11,13-15H,6-7H2,1-3H3. The third kappa shape index (κ3) is 2.68. The van der Waals surface area contributed by atoms with Gasteiger partial charge in [0.1, 0.15) is 0 Å². The summed E-state index contributed by atoms with van der Waals surface area (Å²) in [5.74, 6) is -0.300. The molecule has 86 valence electrons. The maximum absolute atomic E-state index is 9.78. The number of aliphatic hydroxyl groups excluding tert-OH is 3. The number of hydrogen-bond donors (Lipinski definition) is 3. The zero-order chi connectivity index (χ0) is 11.6. The number of rotatable bonds is 2. The van der Waals surface area contributed by atoms with E-state index in [1.54, 1.807) is 0 Å². The smallest absolute Gasteiger partial charge is 0.0860 e. The van der Waals surface area contributed by atoms with Crippen LogP contribution in [-0.4, -0.2) is 34.6 Å². The first kappa shape index (κ1) is 12.4. The average molecular weight is 212 g/mol. The van der Waals surface area contributed by atoms with E-state index in [0.29, 0.717) is 5.57 Å². The summed E-state index contributed by atoms with van der Waals surface area (Å²) in [7, 11) is 0. The molecular formula is C12H20O3. The fourth-order valence-corrected chi connectivity index (χ4v) is 1.69. The van der Waals surface area contributed by atoms with E-state index >= 15 is 0 Å². The second-order valence-electron chi connectivity index (χ2n) is 5.04. The maximum Gasteiger partial charge on any atom is 0.0860 e. The van der Waals surface area contributed by atoms with E-state index in [4.69, 9.17) is 10.2 Å². The zero-order valence-electron chi connectivity index (χ0n) is 9.57. The van der Waals surface area contributed by atoms with E-state index in [2.05, 4.69) is 20.8 Å². The van der Waals surface area contributed by atoms with Crippen molar-refractivity contribution in [3.05, 3.63) is 23.3 Å². The number of hydrogen-bond acceptors (Lipinski definition) is 3. The SMILES string of the molecule is CC(C)(C)C1=CC(CO)C(O)C(CO)=C1. The predicted octanol–water partition coefficient (Wildman–Crippen LogP) is 0.861. The van der Waals surface area contributed by atoms with Gasteiger partial charge in [-0.3, -0.25) is 0 Å². The van der Waals surface area contributed by atoms with Crippen LogP contribution in [0, 0.1) is 11.3 Å². The summed E-state index contributed by atoms with van der Waals surface area (Å²) in [5, 5.41) is 28.0. The van der Waals surface area contributed by atoms with E-state index in [1.807, 2.05) is 12.2 Å². The molecule has 0 bridgehead atoms. The van der Waals surface area contributed by atoms with E-state index in [0.717, 1.165) is 5.57 Å². The number of aliphatic hydroxyl groups is 3. The minimum absolute atomic E-state index is 0.0338. The molecule has 1 rings (SSSR count). The molecule has 3 heteroatoms. The van der Waals surface area contributed by atoms with Crippen LogP contribution in [0.25, 0.3) is 0 Å². The van der Waals surface area contributed by atoms with Gasteiger partial charge in [0.25, 0.3) is 0 Å². The highest BCUT2D eigenvalue weighted by Gasteiger charge is 2.28. The summed E-state index contributed by atoms with van der Waals surface area (Å²) in [5.41, 5.74) is 1.60. The van der Waals surface area contributed by atoms with Crippen LogP contribution in [0.15, 0.2) is 23.3 Å². The van der Waals surface area contributed by atoms with E-state index < -0.39 is 6.10 Å². The third-order valence-electron chi connectivity index (χ3n) is 2.78. The van der Waals surface area contributed by atoms with Crippen LogP contribution >= 0.6 is 0 Å². The lowest BCUT2D eigenvalue weighted by molar-refractivity contribution is 0.104. The molecule has 2 unspecified atom stereocenters. The Morgan fingerprint density at radius 2 is 1.87 bits per heavy atom. The molecule has 0 heterocycles.